The second-order valence-electron chi connectivity index (χ2n) is 11.1. The summed E-state index contributed by atoms with van der Waals surface area (Å²) in [5, 5.41) is 29.7. The Balaban J connectivity index is 1.99. The molecule has 0 spiro atoms. The van der Waals surface area contributed by atoms with Gasteiger partial charge in [-0.15, -0.1) is 0 Å². The third kappa shape index (κ3) is 5.70. The van der Waals surface area contributed by atoms with Gasteiger partial charge >= 0.3 is 0 Å². The molecular weight excluding hydrogens is 348 g/mol. The van der Waals surface area contributed by atoms with Crippen molar-refractivity contribution >= 4 is 0 Å². The number of rotatable bonds is 7. The molecule has 3 nitrogen and oxygen atoms in total. The fourth-order valence-electron chi connectivity index (χ4n) is 5.57. The van der Waals surface area contributed by atoms with E-state index in [0.717, 1.165) is 18.4 Å². The molecule has 0 bridgehead atoms. The Morgan fingerprint density at radius 1 is 1.14 bits per heavy atom. The maximum absolute atomic E-state index is 10.00. The molecule has 0 aromatic heterocycles. The molecule has 3 N–H and O–H groups in total. The Morgan fingerprint density at radius 3 is 2.32 bits per heavy atom. The largest absolute Gasteiger partial charge is 0.393 e. The molecule has 2 aliphatic carbocycles. The Morgan fingerprint density at radius 2 is 1.75 bits per heavy atom. The molecule has 0 radical (unpaired) electrons. The molecular formula is C25H44O3. The minimum atomic E-state index is -0.565. The van der Waals surface area contributed by atoms with Gasteiger partial charge in [0, 0.05) is 0 Å². The standard InChI is InChI=1S/C25H44O3/c1-18(9-8-13-23(2,3)28)25(6)14-12-20(24(25,4)5)11-7-10-19-15-21(26)17-22(27)16-19/h7,10-11,18,20-22,26-28H,8-9,12-17H2,1-6H3/b11-7+/t18-,20+,21+,22+,25+/m0/s1. The van der Waals surface area contributed by atoms with Gasteiger partial charge in [-0.1, -0.05) is 64.3 Å². The predicted molar refractivity (Wildman–Crippen MR) is 117 cm³/mol. The van der Waals surface area contributed by atoms with Crippen LogP contribution in [-0.4, -0.2) is 33.1 Å². The third-order valence-corrected chi connectivity index (χ3v) is 8.10. The van der Waals surface area contributed by atoms with Crippen molar-refractivity contribution in [3.8, 4) is 0 Å². The summed E-state index contributed by atoms with van der Waals surface area (Å²) in [7, 11) is 0. The first-order valence-corrected chi connectivity index (χ1v) is 11.3. The van der Waals surface area contributed by atoms with Gasteiger partial charge in [0.1, 0.15) is 0 Å². The first kappa shape index (κ1) is 23.6. The molecule has 2 fully saturated rings. The number of hydrogen-bond donors (Lipinski definition) is 3. The number of hydrogen-bond acceptors (Lipinski definition) is 3. The summed E-state index contributed by atoms with van der Waals surface area (Å²) in [6.45, 7) is 13.5. The van der Waals surface area contributed by atoms with E-state index in [2.05, 4.69) is 45.9 Å². The molecule has 0 saturated heterocycles. The Hall–Kier alpha value is -0.640. The SMILES string of the molecule is C[C@@H](CCCC(C)(C)O)[C@@]1(C)CC[C@@H](/C=C/C=C2C[C@@H](O)C[C@H](O)C2)C1(C)C. The quantitative estimate of drug-likeness (QED) is 0.544. The summed E-state index contributed by atoms with van der Waals surface area (Å²) in [5.74, 6) is 1.18. The summed E-state index contributed by atoms with van der Waals surface area (Å²) in [6.07, 6.45) is 13.3. The summed E-state index contributed by atoms with van der Waals surface area (Å²) in [6, 6.07) is 0. The molecule has 0 unspecified atom stereocenters. The van der Waals surface area contributed by atoms with Gasteiger partial charge in [-0.2, -0.15) is 0 Å². The van der Waals surface area contributed by atoms with Gasteiger partial charge in [0.2, 0.25) is 0 Å². The summed E-state index contributed by atoms with van der Waals surface area (Å²) < 4.78 is 0. The molecule has 5 atom stereocenters. The number of aliphatic hydroxyl groups is 3. The number of aliphatic hydroxyl groups excluding tert-OH is 2. The molecule has 2 rings (SSSR count). The van der Waals surface area contributed by atoms with Gasteiger partial charge in [0.15, 0.2) is 0 Å². The van der Waals surface area contributed by atoms with Crippen LogP contribution in [0.5, 0.6) is 0 Å². The molecule has 0 aromatic rings. The second-order valence-corrected chi connectivity index (χ2v) is 11.1. The highest BCUT2D eigenvalue weighted by atomic mass is 16.3. The molecule has 0 aliphatic heterocycles. The van der Waals surface area contributed by atoms with Crippen LogP contribution in [-0.2, 0) is 0 Å². The van der Waals surface area contributed by atoms with Crippen molar-refractivity contribution in [1.82, 2.24) is 0 Å². The van der Waals surface area contributed by atoms with Crippen molar-refractivity contribution in [2.45, 2.75) is 111 Å². The van der Waals surface area contributed by atoms with Crippen LogP contribution in [0.15, 0.2) is 23.8 Å². The average molecular weight is 393 g/mol. The third-order valence-electron chi connectivity index (χ3n) is 8.10. The normalized spacial score (nSPS) is 34.8. The van der Waals surface area contributed by atoms with E-state index in [-0.39, 0.29) is 5.41 Å². The lowest BCUT2D eigenvalue weighted by molar-refractivity contribution is 0.0307. The van der Waals surface area contributed by atoms with Gasteiger partial charge in [-0.3, -0.25) is 0 Å². The Bertz CT molecular complexity index is 557. The van der Waals surface area contributed by atoms with E-state index in [4.69, 9.17) is 0 Å². The topological polar surface area (TPSA) is 60.7 Å². The predicted octanol–water partition coefficient (Wildman–Crippen LogP) is 5.39. The van der Waals surface area contributed by atoms with Crippen LogP contribution in [0.25, 0.3) is 0 Å². The monoisotopic (exact) mass is 392 g/mol. The second kappa shape index (κ2) is 9.02. The highest BCUT2D eigenvalue weighted by molar-refractivity contribution is 5.19. The van der Waals surface area contributed by atoms with Gasteiger partial charge in [0.25, 0.3) is 0 Å². The summed E-state index contributed by atoms with van der Waals surface area (Å²) >= 11 is 0. The molecule has 162 valence electrons. The fraction of sp³-hybridized carbons (Fsp3) is 0.840. The van der Waals surface area contributed by atoms with E-state index in [0.29, 0.717) is 36.5 Å². The molecule has 0 amide bonds. The number of allylic oxidation sites excluding steroid dienone is 3. The maximum Gasteiger partial charge on any atom is 0.0602 e. The van der Waals surface area contributed by atoms with Crippen LogP contribution in [0.3, 0.4) is 0 Å². The first-order chi connectivity index (χ1) is 12.8. The van der Waals surface area contributed by atoms with Crippen molar-refractivity contribution in [3.05, 3.63) is 23.8 Å². The molecule has 0 aromatic carbocycles. The van der Waals surface area contributed by atoms with Crippen molar-refractivity contribution < 1.29 is 15.3 Å². The van der Waals surface area contributed by atoms with Crippen molar-refractivity contribution in [3.63, 3.8) is 0 Å². The van der Waals surface area contributed by atoms with Crippen LogP contribution in [0.2, 0.25) is 0 Å². The average Bonchev–Trinajstić information content (AvgIpc) is 2.77. The molecule has 2 aliphatic rings. The molecule has 0 heterocycles. The van der Waals surface area contributed by atoms with Gasteiger partial charge in [-0.05, 0) is 75.0 Å². The highest BCUT2D eigenvalue weighted by Gasteiger charge is 2.52. The van der Waals surface area contributed by atoms with Crippen molar-refractivity contribution in [1.29, 1.82) is 0 Å². The van der Waals surface area contributed by atoms with Crippen molar-refractivity contribution in [2.75, 3.05) is 0 Å². The van der Waals surface area contributed by atoms with Gasteiger partial charge in [0.05, 0.1) is 17.8 Å². The lowest BCUT2D eigenvalue weighted by Gasteiger charge is -2.46. The molecule has 28 heavy (non-hydrogen) atoms. The zero-order valence-electron chi connectivity index (χ0n) is 19.0. The summed E-state index contributed by atoms with van der Waals surface area (Å²) in [5.41, 5.74) is 1.11. The van der Waals surface area contributed by atoms with E-state index in [9.17, 15) is 15.3 Å². The van der Waals surface area contributed by atoms with E-state index < -0.39 is 17.8 Å². The lowest BCUT2D eigenvalue weighted by atomic mass is 9.59. The highest BCUT2D eigenvalue weighted by Crippen LogP contribution is 2.60. The molecule has 2 saturated carbocycles. The van der Waals surface area contributed by atoms with Crippen LogP contribution >= 0.6 is 0 Å². The Labute approximate surface area is 172 Å². The smallest absolute Gasteiger partial charge is 0.0602 e. The Kier molecular flexibility index (Phi) is 7.61. The van der Waals surface area contributed by atoms with Crippen LogP contribution < -0.4 is 0 Å². The maximum atomic E-state index is 10.00. The van der Waals surface area contributed by atoms with Crippen molar-refractivity contribution in [2.24, 2.45) is 22.7 Å². The lowest BCUT2D eigenvalue weighted by Crippen LogP contribution is -2.39. The van der Waals surface area contributed by atoms with Gasteiger partial charge in [-0.25, -0.2) is 0 Å². The van der Waals surface area contributed by atoms with E-state index in [1.165, 1.54) is 19.3 Å². The zero-order valence-corrected chi connectivity index (χ0v) is 19.0. The van der Waals surface area contributed by atoms with Gasteiger partial charge < -0.3 is 15.3 Å². The minimum Gasteiger partial charge on any atom is -0.393 e. The fourth-order valence-corrected chi connectivity index (χ4v) is 5.57. The first-order valence-electron chi connectivity index (χ1n) is 11.3. The minimum absolute atomic E-state index is 0.224. The van der Waals surface area contributed by atoms with E-state index in [1.807, 2.05) is 13.8 Å². The van der Waals surface area contributed by atoms with Crippen LogP contribution in [0, 0.1) is 22.7 Å². The van der Waals surface area contributed by atoms with E-state index >= 15 is 0 Å². The summed E-state index contributed by atoms with van der Waals surface area (Å²) in [4.78, 5) is 0. The van der Waals surface area contributed by atoms with Crippen LogP contribution in [0.1, 0.15) is 92.9 Å². The zero-order chi connectivity index (χ0) is 21.2. The molecule has 3 heteroatoms. The van der Waals surface area contributed by atoms with E-state index in [1.54, 1.807) is 0 Å². The van der Waals surface area contributed by atoms with Crippen LogP contribution in [0.4, 0.5) is 0 Å².